The molecule has 0 heterocycles. The summed E-state index contributed by atoms with van der Waals surface area (Å²) in [5.41, 5.74) is 10.2. The average Bonchev–Trinajstić information content (AvgIpc) is 2.41. The minimum atomic E-state index is -0.520. The summed E-state index contributed by atoms with van der Waals surface area (Å²) in [5, 5.41) is 3.74. The van der Waals surface area contributed by atoms with Crippen LogP contribution in [0.3, 0.4) is 0 Å². The maximum atomic E-state index is 11.2. The van der Waals surface area contributed by atoms with Crippen molar-refractivity contribution in [2.45, 2.75) is 26.8 Å². The van der Waals surface area contributed by atoms with Gasteiger partial charge in [0.1, 0.15) is 0 Å². The van der Waals surface area contributed by atoms with Crippen molar-refractivity contribution in [2.75, 3.05) is 5.32 Å². The number of benzene rings is 2. The van der Waals surface area contributed by atoms with Crippen LogP contribution in [0.2, 0.25) is 5.02 Å². The van der Waals surface area contributed by atoms with E-state index in [0.29, 0.717) is 10.6 Å². The van der Waals surface area contributed by atoms with Gasteiger partial charge in [-0.3, -0.25) is 4.79 Å². The third-order valence-electron chi connectivity index (χ3n) is 3.65. The summed E-state index contributed by atoms with van der Waals surface area (Å²) < 4.78 is 0. The first-order chi connectivity index (χ1) is 9.88. The Morgan fingerprint density at radius 1 is 1.14 bits per heavy atom. The monoisotopic (exact) mass is 302 g/mol. The zero-order chi connectivity index (χ0) is 15.6. The molecule has 110 valence electrons. The van der Waals surface area contributed by atoms with Crippen LogP contribution < -0.4 is 11.1 Å². The molecular weight excluding hydrogens is 284 g/mol. The van der Waals surface area contributed by atoms with Gasteiger partial charge in [-0.15, -0.1) is 0 Å². The number of amides is 1. The molecule has 0 bridgehead atoms. The number of carbonyl (C=O) groups excluding carboxylic acids is 1. The Morgan fingerprint density at radius 3 is 2.43 bits per heavy atom. The van der Waals surface area contributed by atoms with Gasteiger partial charge < -0.3 is 11.1 Å². The maximum absolute atomic E-state index is 11.2. The van der Waals surface area contributed by atoms with Gasteiger partial charge in [-0.1, -0.05) is 29.8 Å². The lowest BCUT2D eigenvalue weighted by atomic mass is 10.0. The second kappa shape index (κ2) is 6.19. The highest BCUT2D eigenvalue weighted by molar-refractivity contribution is 6.34. The minimum absolute atomic E-state index is 0.139. The van der Waals surface area contributed by atoms with Crippen molar-refractivity contribution in [3.8, 4) is 0 Å². The summed E-state index contributed by atoms with van der Waals surface area (Å²) >= 11 is 6.06. The van der Waals surface area contributed by atoms with Gasteiger partial charge in [0.05, 0.1) is 10.6 Å². The molecule has 0 fully saturated rings. The fourth-order valence-corrected chi connectivity index (χ4v) is 2.45. The molecule has 2 rings (SSSR count). The second-order valence-corrected chi connectivity index (χ2v) is 5.68. The summed E-state index contributed by atoms with van der Waals surface area (Å²) in [7, 11) is 0. The van der Waals surface area contributed by atoms with Crippen molar-refractivity contribution in [3.63, 3.8) is 0 Å². The van der Waals surface area contributed by atoms with Crippen LogP contribution in [-0.2, 0) is 0 Å². The molecule has 0 spiro atoms. The van der Waals surface area contributed by atoms with Crippen LogP contribution in [0, 0.1) is 13.8 Å². The molecule has 4 heteroatoms. The second-order valence-electron chi connectivity index (χ2n) is 5.27. The highest BCUT2D eigenvalue weighted by atomic mass is 35.5. The Bertz CT molecular complexity index is 682. The minimum Gasteiger partial charge on any atom is -0.378 e. The molecule has 0 aliphatic heterocycles. The number of halogens is 1. The third kappa shape index (κ3) is 3.56. The molecule has 0 aliphatic rings. The molecule has 3 nitrogen and oxygen atoms in total. The molecule has 1 atom stereocenters. The van der Waals surface area contributed by atoms with E-state index >= 15 is 0 Å². The first-order valence-corrected chi connectivity index (χ1v) is 7.19. The molecule has 1 amide bonds. The van der Waals surface area contributed by atoms with Crippen LogP contribution in [0.4, 0.5) is 5.69 Å². The van der Waals surface area contributed by atoms with Gasteiger partial charge in [-0.25, -0.2) is 0 Å². The van der Waals surface area contributed by atoms with Crippen LogP contribution >= 0.6 is 11.6 Å². The topological polar surface area (TPSA) is 55.1 Å². The summed E-state index contributed by atoms with van der Waals surface area (Å²) in [6, 6.07) is 11.7. The van der Waals surface area contributed by atoms with Gasteiger partial charge in [0.2, 0.25) is 5.91 Å². The fourth-order valence-electron chi connectivity index (χ4n) is 2.17. The standard InChI is InChI=1S/C17H19ClN2O/c1-10-4-5-13(8-11(10)2)12(3)20-14-6-7-15(17(19)21)16(18)9-14/h4-9,12,20H,1-3H3,(H2,19,21). The van der Waals surface area contributed by atoms with E-state index in [9.17, 15) is 4.79 Å². The van der Waals surface area contributed by atoms with E-state index in [0.717, 1.165) is 5.69 Å². The average molecular weight is 303 g/mol. The van der Waals surface area contributed by atoms with Crippen LogP contribution in [-0.4, -0.2) is 5.91 Å². The number of rotatable bonds is 4. The number of carbonyl (C=O) groups is 1. The lowest BCUT2D eigenvalue weighted by Gasteiger charge is -2.17. The molecular formula is C17H19ClN2O. The number of primary amides is 1. The molecule has 1 unspecified atom stereocenters. The zero-order valence-electron chi connectivity index (χ0n) is 12.4. The lowest BCUT2D eigenvalue weighted by molar-refractivity contribution is 0.100. The largest absolute Gasteiger partial charge is 0.378 e. The van der Waals surface area contributed by atoms with E-state index in [1.807, 2.05) is 6.07 Å². The van der Waals surface area contributed by atoms with E-state index in [1.54, 1.807) is 12.1 Å². The number of hydrogen-bond acceptors (Lipinski definition) is 2. The number of nitrogens with one attached hydrogen (secondary N) is 1. The van der Waals surface area contributed by atoms with Crippen molar-refractivity contribution in [3.05, 3.63) is 63.7 Å². The van der Waals surface area contributed by atoms with Crippen molar-refractivity contribution >= 4 is 23.2 Å². The van der Waals surface area contributed by atoms with Crippen LogP contribution in [0.25, 0.3) is 0 Å². The molecule has 21 heavy (non-hydrogen) atoms. The fraction of sp³-hybridized carbons (Fsp3) is 0.235. The smallest absolute Gasteiger partial charge is 0.250 e. The van der Waals surface area contributed by atoms with Crippen molar-refractivity contribution in [1.82, 2.24) is 0 Å². The van der Waals surface area contributed by atoms with Gasteiger partial charge in [-0.2, -0.15) is 0 Å². The first kappa shape index (κ1) is 15.4. The lowest BCUT2D eigenvalue weighted by Crippen LogP contribution is -2.12. The van der Waals surface area contributed by atoms with Crippen LogP contribution in [0.15, 0.2) is 36.4 Å². The Balaban J connectivity index is 2.19. The normalized spacial score (nSPS) is 12.0. The Kier molecular flexibility index (Phi) is 4.53. The molecule has 0 saturated carbocycles. The number of nitrogens with two attached hydrogens (primary N) is 1. The van der Waals surface area contributed by atoms with E-state index in [-0.39, 0.29) is 6.04 Å². The Labute approximate surface area is 130 Å². The van der Waals surface area contributed by atoms with E-state index < -0.39 is 5.91 Å². The zero-order valence-corrected chi connectivity index (χ0v) is 13.2. The van der Waals surface area contributed by atoms with Crippen LogP contribution in [0.5, 0.6) is 0 Å². The summed E-state index contributed by atoms with van der Waals surface area (Å²) in [4.78, 5) is 11.2. The van der Waals surface area contributed by atoms with Gasteiger partial charge >= 0.3 is 0 Å². The molecule has 0 aromatic heterocycles. The highest BCUT2D eigenvalue weighted by Crippen LogP contribution is 2.25. The van der Waals surface area contributed by atoms with Gasteiger partial charge in [0.25, 0.3) is 0 Å². The van der Waals surface area contributed by atoms with Crippen molar-refractivity contribution < 1.29 is 4.79 Å². The summed E-state index contributed by atoms with van der Waals surface area (Å²) in [6.07, 6.45) is 0. The quantitative estimate of drug-likeness (QED) is 0.888. The Hall–Kier alpha value is -2.00. The molecule has 0 aliphatic carbocycles. The molecule has 0 saturated heterocycles. The molecule has 2 aromatic carbocycles. The predicted molar refractivity (Wildman–Crippen MR) is 87.9 cm³/mol. The highest BCUT2D eigenvalue weighted by Gasteiger charge is 2.10. The summed E-state index contributed by atoms with van der Waals surface area (Å²) in [5.74, 6) is -0.520. The van der Waals surface area contributed by atoms with E-state index in [2.05, 4.69) is 44.3 Å². The molecule has 2 aromatic rings. The van der Waals surface area contributed by atoms with Gasteiger partial charge in [0, 0.05) is 11.7 Å². The number of aryl methyl sites for hydroxylation is 2. The maximum Gasteiger partial charge on any atom is 0.250 e. The SMILES string of the molecule is Cc1ccc(C(C)Nc2ccc(C(N)=O)c(Cl)c2)cc1C. The van der Waals surface area contributed by atoms with E-state index in [4.69, 9.17) is 17.3 Å². The first-order valence-electron chi connectivity index (χ1n) is 6.81. The summed E-state index contributed by atoms with van der Waals surface area (Å²) in [6.45, 7) is 6.28. The Morgan fingerprint density at radius 2 is 1.86 bits per heavy atom. The number of anilines is 1. The van der Waals surface area contributed by atoms with Crippen molar-refractivity contribution in [1.29, 1.82) is 0 Å². The van der Waals surface area contributed by atoms with E-state index in [1.165, 1.54) is 16.7 Å². The van der Waals surface area contributed by atoms with Gasteiger partial charge in [-0.05, 0) is 55.7 Å². The predicted octanol–water partition coefficient (Wildman–Crippen LogP) is 4.23. The van der Waals surface area contributed by atoms with Gasteiger partial charge in [0.15, 0.2) is 0 Å². The van der Waals surface area contributed by atoms with Crippen LogP contribution in [0.1, 0.15) is 40.0 Å². The molecule has 0 radical (unpaired) electrons. The molecule has 3 N–H and O–H groups in total. The van der Waals surface area contributed by atoms with Crippen molar-refractivity contribution in [2.24, 2.45) is 5.73 Å². The number of hydrogen-bond donors (Lipinski definition) is 2. The third-order valence-corrected chi connectivity index (χ3v) is 3.96.